The highest BCUT2D eigenvalue weighted by Gasteiger charge is 2.28. The maximum absolute atomic E-state index is 11.5. The molecule has 1 aromatic heterocycles. The van der Waals surface area contributed by atoms with Crippen LogP contribution >= 0.6 is 0 Å². The van der Waals surface area contributed by atoms with E-state index in [0.29, 0.717) is 24.6 Å². The van der Waals surface area contributed by atoms with Crippen LogP contribution in [0.5, 0.6) is 0 Å². The molecule has 1 heterocycles. The molecule has 1 saturated carbocycles. The predicted molar refractivity (Wildman–Crippen MR) is 76.6 cm³/mol. The lowest BCUT2D eigenvalue weighted by atomic mass is 9.85. The highest BCUT2D eigenvalue weighted by molar-refractivity contribution is 5.92. The lowest BCUT2D eigenvalue weighted by Crippen LogP contribution is -2.39. The van der Waals surface area contributed by atoms with Crippen molar-refractivity contribution in [3.8, 4) is 0 Å². The molecule has 0 spiro atoms. The summed E-state index contributed by atoms with van der Waals surface area (Å²) in [6.45, 7) is 2.89. The molecular formula is C14H22N4O2. The van der Waals surface area contributed by atoms with Gasteiger partial charge in [0.15, 0.2) is 5.69 Å². The molecule has 0 saturated heterocycles. The molecule has 0 bridgehead atoms. The van der Waals surface area contributed by atoms with E-state index in [-0.39, 0.29) is 5.91 Å². The topological polar surface area (TPSA) is 87.1 Å². The number of nitrogens with zero attached hydrogens (tertiary/aromatic N) is 2. The molecule has 2 rings (SSSR count). The quantitative estimate of drug-likeness (QED) is 0.756. The van der Waals surface area contributed by atoms with E-state index in [2.05, 4.69) is 20.8 Å². The molecule has 6 nitrogen and oxygen atoms in total. The third-order valence-electron chi connectivity index (χ3n) is 3.62. The van der Waals surface area contributed by atoms with Gasteiger partial charge in [-0.05, 0) is 31.9 Å². The van der Waals surface area contributed by atoms with Gasteiger partial charge in [0.25, 0.3) is 5.91 Å². The Morgan fingerprint density at radius 2 is 2.05 bits per heavy atom. The van der Waals surface area contributed by atoms with Gasteiger partial charge in [-0.1, -0.05) is 19.3 Å². The van der Waals surface area contributed by atoms with Crippen LogP contribution < -0.4 is 10.6 Å². The number of rotatable bonds is 5. The van der Waals surface area contributed by atoms with Crippen LogP contribution in [0.25, 0.3) is 0 Å². The van der Waals surface area contributed by atoms with E-state index in [1.165, 1.54) is 6.42 Å². The summed E-state index contributed by atoms with van der Waals surface area (Å²) in [5.74, 6) is 0.356. The van der Waals surface area contributed by atoms with Crippen LogP contribution in [0.4, 0.5) is 5.82 Å². The van der Waals surface area contributed by atoms with Crippen molar-refractivity contribution in [2.45, 2.75) is 44.6 Å². The Labute approximate surface area is 119 Å². The van der Waals surface area contributed by atoms with Crippen molar-refractivity contribution >= 4 is 11.7 Å². The van der Waals surface area contributed by atoms with Gasteiger partial charge in [0.2, 0.25) is 0 Å². The normalized spacial score (nSPS) is 17.5. The smallest absolute Gasteiger partial charge is 0.271 e. The van der Waals surface area contributed by atoms with E-state index in [4.69, 9.17) is 0 Å². The molecule has 1 aromatic rings. The molecule has 1 aliphatic rings. The highest BCUT2D eigenvalue weighted by atomic mass is 16.3. The van der Waals surface area contributed by atoms with Crippen LogP contribution in [-0.2, 0) is 0 Å². The average molecular weight is 278 g/mol. The second-order valence-corrected chi connectivity index (χ2v) is 5.30. The minimum atomic E-state index is -0.641. The number of nitrogens with one attached hydrogen (secondary N) is 2. The number of aromatic nitrogens is 2. The summed E-state index contributed by atoms with van der Waals surface area (Å²) in [6, 6.07) is 3.34. The second-order valence-electron chi connectivity index (χ2n) is 5.30. The van der Waals surface area contributed by atoms with Gasteiger partial charge in [0.1, 0.15) is 5.82 Å². The number of hydrogen-bond acceptors (Lipinski definition) is 5. The summed E-state index contributed by atoms with van der Waals surface area (Å²) in [4.78, 5) is 11.5. The van der Waals surface area contributed by atoms with E-state index in [1.54, 1.807) is 12.1 Å². The molecule has 110 valence electrons. The van der Waals surface area contributed by atoms with Gasteiger partial charge >= 0.3 is 0 Å². The molecule has 0 atom stereocenters. The standard InChI is InChI=1S/C14H22N4O2/c1-2-15-13(19)11-6-7-12(18-17-11)16-10-14(20)8-4-3-5-9-14/h6-7,20H,2-5,8-10H2,1H3,(H,15,19)(H,16,18). The Hall–Kier alpha value is -1.69. The number of carbonyl (C=O) groups excluding carboxylic acids is 1. The number of amides is 1. The van der Waals surface area contributed by atoms with Gasteiger partial charge in [0, 0.05) is 13.1 Å². The maximum Gasteiger partial charge on any atom is 0.271 e. The Kier molecular flexibility index (Phi) is 4.89. The lowest BCUT2D eigenvalue weighted by Gasteiger charge is -2.32. The molecule has 0 aromatic carbocycles. The minimum absolute atomic E-state index is 0.225. The van der Waals surface area contributed by atoms with Gasteiger partial charge < -0.3 is 15.7 Å². The summed E-state index contributed by atoms with van der Waals surface area (Å²) in [5.41, 5.74) is -0.341. The van der Waals surface area contributed by atoms with Crippen molar-refractivity contribution in [3.05, 3.63) is 17.8 Å². The average Bonchev–Trinajstić information content (AvgIpc) is 2.47. The van der Waals surface area contributed by atoms with Crippen LogP contribution in [0.2, 0.25) is 0 Å². The van der Waals surface area contributed by atoms with Crippen LogP contribution in [0.1, 0.15) is 49.5 Å². The zero-order valence-electron chi connectivity index (χ0n) is 11.9. The Morgan fingerprint density at radius 1 is 1.30 bits per heavy atom. The van der Waals surface area contributed by atoms with E-state index in [0.717, 1.165) is 25.7 Å². The first-order chi connectivity index (χ1) is 9.63. The van der Waals surface area contributed by atoms with E-state index in [1.807, 2.05) is 6.92 Å². The summed E-state index contributed by atoms with van der Waals surface area (Å²) in [7, 11) is 0. The summed E-state index contributed by atoms with van der Waals surface area (Å²) < 4.78 is 0. The van der Waals surface area contributed by atoms with Crippen molar-refractivity contribution in [1.29, 1.82) is 0 Å². The predicted octanol–water partition coefficient (Wildman–Crippen LogP) is 1.33. The van der Waals surface area contributed by atoms with Crippen molar-refractivity contribution in [2.75, 3.05) is 18.4 Å². The van der Waals surface area contributed by atoms with Crippen molar-refractivity contribution in [1.82, 2.24) is 15.5 Å². The number of hydrogen-bond donors (Lipinski definition) is 3. The first-order valence-electron chi connectivity index (χ1n) is 7.21. The van der Waals surface area contributed by atoms with Gasteiger partial charge in [-0.2, -0.15) is 0 Å². The highest BCUT2D eigenvalue weighted by Crippen LogP contribution is 2.27. The molecule has 0 unspecified atom stereocenters. The first-order valence-corrected chi connectivity index (χ1v) is 7.21. The number of anilines is 1. The van der Waals surface area contributed by atoms with Crippen LogP contribution in [0, 0.1) is 0 Å². The van der Waals surface area contributed by atoms with Gasteiger partial charge in [-0.3, -0.25) is 4.79 Å². The molecule has 6 heteroatoms. The Balaban J connectivity index is 1.89. The van der Waals surface area contributed by atoms with Crippen LogP contribution in [0.15, 0.2) is 12.1 Å². The van der Waals surface area contributed by atoms with E-state index < -0.39 is 5.60 Å². The summed E-state index contributed by atoms with van der Waals surface area (Å²) in [5, 5.41) is 24.0. The Bertz CT molecular complexity index is 441. The third-order valence-corrected chi connectivity index (χ3v) is 3.62. The zero-order valence-corrected chi connectivity index (χ0v) is 11.9. The largest absolute Gasteiger partial charge is 0.388 e. The zero-order chi connectivity index (χ0) is 14.4. The van der Waals surface area contributed by atoms with Gasteiger partial charge in [-0.25, -0.2) is 0 Å². The fraction of sp³-hybridized carbons (Fsp3) is 0.643. The van der Waals surface area contributed by atoms with Crippen molar-refractivity contribution in [2.24, 2.45) is 0 Å². The van der Waals surface area contributed by atoms with E-state index >= 15 is 0 Å². The monoisotopic (exact) mass is 278 g/mol. The molecule has 0 aliphatic heterocycles. The number of carbonyl (C=O) groups is 1. The molecule has 1 amide bonds. The fourth-order valence-corrected chi connectivity index (χ4v) is 2.44. The Morgan fingerprint density at radius 3 is 2.65 bits per heavy atom. The molecule has 20 heavy (non-hydrogen) atoms. The van der Waals surface area contributed by atoms with Gasteiger partial charge in [-0.15, -0.1) is 10.2 Å². The van der Waals surface area contributed by atoms with Gasteiger partial charge in [0.05, 0.1) is 5.60 Å². The summed E-state index contributed by atoms with van der Waals surface area (Å²) >= 11 is 0. The minimum Gasteiger partial charge on any atom is -0.388 e. The third kappa shape index (κ3) is 3.90. The number of aliphatic hydroxyl groups is 1. The molecule has 0 radical (unpaired) electrons. The van der Waals surface area contributed by atoms with E-state index in [9.17, 15) is 9.90 Å². The SMILES string of the molecule is CCNC(=O)c1ccc(NCC2(O)CCCCC2)nn1. The first kappa shape index (κ1) is 14.7. The fourth-order valence-electron chi connectivity index (χ4n) is 2.44. The molecular weight excluding hydrogens is 256 g/mol. The summed E-state index contributed by atoms with van der Waals surface area (Å²) in [6.07, 6.45) is 4.98. The maximum atomic E-state index is 11.5. The molecule has 1 aliphatic carbocycles. The van der Waals surface area contributed by atoms with Crippen molar-refractivity contribution in [3.63, 3.8) is 0 Å². The van der Waals surface area contributed by atoms with Crippen LogP contribution in [-0.4, -0.2) is 39.9 Å². The molecule has 1 fully saturated rings. The lowest BCUT2D eigenvalue weighted by molar-refractivity contribution is 0.0166. The second kappa shape index (κ2) is 6.65. The van der Waals surface area contributed by atoms with Crippen molar-refractivity contribution < 1.29 is 9.90 Å². The molecule has 3 N–H and O–H groups in total. The van der Waals surface area contributed by atoms with Crippen LogP contribution in [0.3, 0.4) is 0 Å².